The van der Waals surface area contributed by atoms with Crippen molar-refractivity contribution in [2.24, 2.45) is 12.2 Å². The molecule has 15 heavy (non-hydrogen) atoms. The lowest BCUT2D eigenvalue weighted by Gasteiger charge is -2.04. The van der Waals surface area contributed by atoms with E-state index in [1.54, 1.807) is 0 Å². The Kier molecular flexibility index (Phi) is 2.82. The fourth-order valence-corrected chi connectivity index (χ4v) is 2.19. The van der Waals surface area contributed by atoms with Crippen LogP contribution in [-0.4, -0.2) is 24.1 Å². The van der Waals surface area contributed by atoms with Gasteiger partial charge in [-0.3, -0.25) is 9.48 Å². The molecule has 0 saturated heterocycles. The van der Waals surface area contributed by atoms with E-state index in [0.29, 0.717) is 0 Å². The first kappa shape index (κ1) is 11.7. The molecule has 1 aromatic heterocycles. The summed E-state index contributed by atoms with van der Waals surface area (Å²) < 4.78 is 23.7. The molecule has 0 atom stereocenters. The molecular formula is C7H12N4O3S. The van der Waals surface area contributed by atoms with E-state index in [2.05, 4.69) is 10.4 Å². The van der Waals surface area contributed by atoms with Crippen LogP contribution in [0.25, 0.3) is 0 Å². The van der Waals surface area contributed by atoms with Crippen molar-refractivity contribution in [2.45, 2.75) is 18.7 Å². The van der Waals surface area contributed by atoms with Crippen molar-refractivity contribution in [3.8, 4) is 0 Å². The van der Waals surface area contributed by atoms with E-state index in [4.69, 9.17) is 5.14 Å². The van der Waals surface area contributed by atoms with Gasteiger partial charge in [-0.1, -0.05) is 0 Å². The van der Waals surface area contributed by atoms with Crippen molar-refractivity contribution in [3.63, 3.8) is 0 Å². The average Bonchev–Trinajstić information content (AvgIpc) is 2.23. The quantitative estimate of drug-likeness (QED) is 0.705. The number of carbonyl (C=O) groups excluding carboxylic acids is 1. The fourth-order valence-electron chi connectivity index (χ4n) is 1.28. The lowest BCUT2D eigenvalue weighted by molar-refractivity contribution is -0.114. The first-order chi connectivity index (χ1) is 6.73. The van der Waals surface area contributed by atoms with Crippen molar-refractivity contribution in [2.75, 3.05) is 5.32 Å². The molecule has 0 fully saturated rings. The first-order valence-electron chi connectivity index (χ1n) is 4.07. The molecule has 0 aliphatic carbocycles. The molecule has 1 rings (SSSR count). The Morgan fingerprint density at radius 1 is 1.53 bits per heavy atom. The Labute approximate surface area is 87.3 Å². The van der Waals surface area contributed by atoms with Crippen LogP contribution in [-0.2, 0) is 21.9 Å². The average molecular weight is 232 g/mol. The number of rotatable bonds is 2. The van der Waals surface area contributed by atoms with Crippen LogP contribution in [0.3, 0.4) is 0 Å². The molecule has 8 heteroatoms. The van der Waals surface area contributed by atoms with Crippen molar-refractivity contribution < 1.29 is 13.2 Å². The normalized spacial score (nSPS) is 11.5. The van der Waals surface area contributed by atoms with Gasteiger partial charge in [0.1, 0.15) is 4.90 Å². The topological polar surface area (TPSA) is 107 Å². The highest BCUT2D eigenvalue weighted by Gasteiger charge is 2.23. The molecule has 0 radical (unpaired) electrons. The lowest BCUT2D eigenvalue weighted by Crippen LogP contribution is -2.17. The van der Waals surface area contributed by atoms with E-state index in [0.717, 1.165) is 0 Å². The van der Waals surface area contributed by atoms with Gasteiger partial charge < -0.3 is 5.32 Å². The third kappa shape index (κ3) is 2.34. The smallest absolute Gasteiger partial charge is 0.243 e. The maximum atomic E-state index is 11.2. The zero-order chi connectivity index (χ0) is 11.8. The van der Waals surface area contributed by atoms with Crippen LogP contribution in [0.2, 0.25) is 0 Å². The summed E-state index contributed by atoms with van der Waals surface area (Å²) in [5.74, 6) is -0.301. The van der Waals surface area contributed by atoms with Crippen LogP contribution in [0.5, 0.6) is 0 Å². The number of aryl methyl sites for hydroxylation is 2. The lowest BCUT2D eigenvalue weighted by atomic mass is 10.4. The summed E-state index contributed by atoms with van der Waals surface area (Å²) in [5, 5.41) is 11.3. The number of sulfonamides is 1. The Bertz CT molecular complexity index is 503. The van der Waals surface area contributed by atoms with Crippen molar-refractivity contribution >= 4 is 21.7 Å². The minimum atomic E-state index is -3.89. The molecule has 0 saturated carbocycles. The molecule has 3 N–H and O–H groups in total. The van der Waals surface area contributed by atoms with Crippen molar-refractivity contribution in [3.05, 3.63) is 5.69 Å². The molecule has 1 amide bonds. The number of hydrogen-bond donors (Lipinski definition) is 2. The molecule has 1 heterocycles. The van der Waals surface area contributed by atoms with Gasteiger partial charge in [-0.15, -0.1) is 0 Å². The van der Waals surface area contributed by atoms with E-state index in [1.807, 2.05) is 0 Å². The van der Waals surface area contributed by atoms with Crippen molar-refractivity contribution in [1.82, 2.24) is 9.78 Å². The second-order valence-electron chi connectivity index (χ2n) is 3.11. The first-order valence-corrected chi connectivity index (χ1v) is 5.62. The molecule has 0 spiro atoms. The molecule has 0 aromatic carbocycles. The summed E-state index contributed by atoms with van der Waals surface area (Å²) in [6, 6.07) is 0. The molecule has 0 bridgehead atoms. The van der Waals surface area contributed by atoms with E-state index in [-0.39, 0.29) is 22.3 Å². The summed E-state index contributed by atoms with van der Waals surface area (Å²) >= 11 is 0. The van der Waals surface area contributed by atoms with E-state index < -0.39 is 10.0 Å². The van der Waals surface area contributed by atoms with E-state index in [1.165, 1.54) is 25.6 Å². The van der Waals surface area contributed by atoms with Crippen LogP contribution >= 0.6 is 0 Å². The molecule has 7 nitrogen and oxygen atoms in total. The maximum absolute atomic E-state index is 11.2. The molecule has 0 unspecified atom stereocenters. The zero-order valence-electron chi connectivity index (χ0n) is 8.60. The highest BCUT2D eigenvalue weighted by Crippen LogP contribution is 2.22. The van der Waals surface area contributed by atoms with Crippen molar-refractivity contribution in [1.29, 1.82) is 0 Å². The monoisotopic (exact) mass is 232 g/mol. The Hall–Kier alpha value is -1.41. The molecule has 0 aliphatic rings. The molecule has 1 aromatic rings. The number of nitrogens with zero attached hydrogens (tertiary/aromatic N) is 2. The van der Waals surface area contributed by atoms with Crippen LogP contribution in [0.1, 0.15) is 12.6 Å². The Morgan fingerprint density at radius 3 is 2.47 bits per heavy atom. The summed E-state index contributed by atoms with van der Waals surface area (Å²) in [4.78, 5) is 10.7. The predicted molar refractivity (Wildman–Crippen MR) is 53.6 cm³/mol. The second-order valence-corrected chi connectivity index (χ2v) is 4.61. The number of amides is 1. The summed E-state index contributed by atoms with van der Waals surface area (Å²) in [7, 11) is -2.37. The molecule has 84 valence electrons. The molecule has 0 aliphatic heterocycles. The number of primary sulfonamides is 1. The van der Waals surface area contributed by atoms with E-state index in [9.17, 15) is 13.2 Å². The summed E-state index contributed by atoms with van der Waals surface area (Å²) in [6.45, 7) is 2.78. The van der Waals surface area contributed by atoms with Gasteiger partial charge in [0.25, 0.3) is 0 Å². The van der Waals surface area contributed by atoms with Gasteiger partial charge in [0.15, 0.2) is 5.82 Å². The number of nitrogens with two attached hydrogens (primary N) is 1. The maximum Gasteiger partial charge on any atom is 0.243 e. The van der Waals surface area contributed by atoms with Crippen LogP contribution < -0.4 is 10.5 Å². The van der Waals surface area contributed by atoms with Crippen LogP contribution in [0.15, 0.2) is 4.90 Å². The van der Waals surface area contributed by atoms with Crippen LogP contribution in [0.4, 0.5) is 5.82 Å². The van der Waals surface area contributed by atoms with Gasteiger partial charge in [-0.2, -0.15) is 5.10 Å². The zero-order valence-corrected chi connectivity index (χ0v) is 9.42. The fraction of sp³-hybridized carbons (Fsp3) is 0.429. The predicted octanol–water partition coefficient (Wildman–Crippen LogP) is -0.666. The summed E-state index contributed by atoms with van der Waals surface area (Å²) in [5.41, 5.74) is 0.253. The highest BCUT2D eigenvalue weighted by molar-refractivity contribution is 7.89. The second kappa shape index (κ2) is 3.63. The van der Waals surface area contributed by atoms with Gasteiger partial charge in [-0.05, 0) is 6.92 Å². The summed E-state index contributed by atoms with van der Waals surface area (Å²) in [6.07, 6.45) is 0. The largest absolute Gasteiger partial charge is 0.310 e. The highest BCUT2D eigenvalue weighted by atomic mass is 32.2. The van der Waals surface area contributed by atoms with Gasteiger partial charge in [0.2, 0.25) is 15.9 Å². The number of carbonyl (C=O) groups is 1. The number of aromatic nitrogens is 2. The Balaban J connectivity index is 3.43. The third-order valence-electron chi connectivity index (χ3n) is 1.75. The molecular weight excluding hydrogens is 220 g/mol. The van der Waals surface area contributed by atoms with Gasteiger partial charge in [0, 0.05) is 14.0 Å². The SMILES string of the molecule is CC(=O)Nc1c(S(N)(=O)=O)c(C)nn1C. The van der Waals surface area contributed by atoms with Crippen LogP contribution in [0, 0.1) is 6.92 Å². The van der Waals surface area contributed by atoms with Gasteiger partial charge in [-0.25, -0.2) is 13.6 Å². The minimum absolute atomic E-state index is 0.0856. The Morgan fingerprint density at radius 2 is 2.07 bits per heavy atom. The minimum Gasteiger partial charge on any atom is -0.310 e. The standard InChI is InChI=1S/C7H12N4O3S/c1-4-6(15(8,13)14)7(9-5(2)12)11(3)10-4/h1-3H3,(H,9,12)(H2,8,13,14). The number of hydrogen-bond acceptors (Lipinski definition) is 4. The van der Waals surface area contributed by atoms with Gasteiger partial charge >= 0.3 is 0 Å². The number of nitrogens with one attached hydrogen (secondary N) is 1. The van der Waals surface area contributed by atoms with E-state index >= 15 is 0 Å². The van der Waals surface area contributed by atoms with Gasteiger partial charge in [0.05, 0.1) is 5.69 Å². The third-order valence-corrected chi connectivity index (χ3v) is 2.80. The number of anilines is 1.